The third-order valence-corrected chi connectivity index (χ3v) is 2.03. The molecule has 0 atom stereocenters. The predicted octanol–water partition coefficient (Wildman–Crippen LogP) is 1.64. The maximum Gasteiger partial charge on any atom is 0.208 e. The molecule has 0 fully saturated rings. The second-order valence-corrected chi connectivity index (χ2v) is 3.51. The minimum Gasteiger partial charge on any atom is -0.385 e. The number of allylic oxidation sites excluding steroid dienone is 2. The molecular weight excluding hydrogens is 150 g/mol. The Bertz CT molecular complexity index is 261. The first-order chi connectivity index (χ1) is 5.57. The third-order valence-electron chi connectivity index (χ3n) is 2.03. The molecule has 0 bridgehead atoms. The summed E-state index contributed by atoms with van der Waals surface area (Å²) in [5, 5.41) is 2.91. The first-order valence-electron chi connectivity index (χ1n) is 4.22. The molecule has 1 aliphatic carbocycles. The first-order valence-corrected chi connectivity index (χ1v) is 4.22. The molecule has 12 heavy (non-hydrogen) atoms. The Hall–Kier alpha value is -1.05. The summed E-state index contributed by atoms with van der Waals surface area (Å²) in [5.41, 5.74) is 2.55. The van der Waals surface area contributed by atoms with Crippen molar-refractivity contribution in [3.8, 4) is 0 Å². The standard InChI is InChI=1S/C10H15NO/c1-6(2)5-8-7(3)10(12)9(8)11-4/h6,11H,3,5H2,1-2,4H3. The molecule has 0 aromatic carbocycles. The number of ketones is 1. The van der Waals surface area contributed by atoms with E-state index in [-0.39, 0.29) is 5.78 Å². The van der Waals surface area contributed by atoms with Crippen molar-refractivity contribution >= 4 is 5.78 Å². The summed E-state index contributed by atoms with van der Waals surface area (Å²) in [7, 11) is 1.78. The van der Waals surface area contributed by atoms with Crippen molar-refractivity contribution in [3.63, 3.8) is 0 Å². The van der Waals surface area contributed by atoms with Crippen molar-refractivity contribution < 1.29 is 4.79 Å². The average molecular weight is 165 g/mol. The van der Waals surface area contributed by atoms with Gasteiger partial charge in [0.1, 0.15) is 0 Å². The molecule has 0 aliphatic heterocycles. The van der Waals surface area contributed by atoms with E-state index in [1.165, 1.54) is 0 Å². The normalized spacial score (nSPS) is 17.0. The van der Waals surface area contributed by atoms with Crippen LogP contribution >= 0.6 is 0 Å². The Morgan fingerprint density at radius 1 is 1.50 bits per heavy atom. The van der Waals surface area contributed by atoms with E-state index in [4.69, 9.17) is 0 Å². The van der Waals surface area contributed by atoms with Gasteiger partial charge in [-0.1, -0.05) is 20.4 Å². The van der Waals surface area contributed by atoms with Crippen LogP contribution < -0.4 is 5.32 Å². The number of carbonyl (C=O) groups excluding carboxylic acids is 1. The predicted molar refractivity (Wildman–Crippen MR) is 49.7 cm³/mol. The topological polar surface area (TPSA) is 29.1 Å². The molecule has 0 radical (unpaired) electrons. The van der Waals surface area contributed by atoms with E-state index >= 15 is 0 Å². The van der Waals surface area contributed by atoms with E-state index in [2.05, 4.69) is 25.7 Å². The van der Waals surface area contributed by atoms with Crippen molar-refractivity contribution in [3.05, 3.63) is 23.4 Å². The van der Waals surface area contributed by atoms with Crippen LogP contribution in [-0.2, 0) is 4.79 Å². The zero-order chi connectivity index (χ0) is 9.30. The number of nitrogens with one attached hydrogen (secondary N) is 1. The summed E-state index contributed by atoms with van der Waals surface area (Å²) in [5.74, 6) is 0.654. The van der Waals surface area contributed by atoms with Gasteiger partial charge in [0.2, 0.25) is 5.78 Å². The number of hydrogen-bond donors (Lipinski definition) is 1. The lowest BCUT2D eigenvalue weighted by molar-refractivity contribution is -0.113. The van der Waals surface area contributed by atoms with E-state index in [9.17, 15) is 4.79 Å². The van der Waals surface area contributed by atoms with Gasteiger partial charge < -0.3 is 5.32 Å². The van der Waals surface area contributed by atoms with Gasteiger partial charge in [0.25, 0.3) is 0 Å². The molecule has 0 saturated carbocycles. The Labute approximate surface area is 73.4 Å². The smallest absolute Gasteiger partial charge is 0.208 e. The van der Waals surface area contributed by atoms with E-state index in [0.717, 1.165) is 17.7 Å². The van der Waals surface area contributed by atoms with Gasteiger partial charge in [0, 0.05) is 12.6 Å². The summed E-state index contributed by atoms with van der Waals surface area (Å²) in [4.78, 5) is 11.2. The minimum atomic E-state index is 0.0770. The molecule has 1 aliphatic rings. The molecule has 1 N–H and O–H groups in total. The van der Waals surface area contributed by atoms with Crippen LogP contribution in [0.25, 0.3) is 0 Å². The molecule has 0 unspecified atom stereocenters. The Kier molecular flexibility index (Phi) is 2.36. The van der Waals surface area contributed by atoms with E-state index in [0.29, 0.717) is 11.5 Å². The monoisotopic (exact) mass is 165 g/mol. The van der Waals surface area contributed by atoms with Crippen LogP contribution in [-0.4, -0.2) is 12.8 Å². The lowest BCUT2D eigenvalue weighted by Crippen LogP contribution is -2.30. The summed E-state index contributed by atoms with van der Waals surface area (Å²) in [6, 6.07) is 0. The lowest BCUT2D eigenvalue weighted by atomic mass is 9.82. The lowest BCUT2D eigenvalue weighted by Gasteiger charge is -2.25. The molecule has 0 aromatic heterocycles. The first kappa shape index (κ1) is 9.04. The maximum absolute atomic E-state index is 11.2. The van der Waals surface area contributed by atoms with Crippen molar-refractivity contribution in [2.24, 2.45) is 5.92 Å². The Balaban J connectivity index is 2.80. The van der Waals surface area contributed by atoms with Crippen molar-refractivity contribution in [1.29, 1.82) is 0 Å². The van der Waals surface area contributed by atoms with Gasteiger partial charge >= 0.3 is 0 Å². The van der Waals surface area contributed by atoms with Crippen LogP contribution in [0.5, 0.6) is 0 Å². The third kappa shape index (κ3) is 1.29. The number of likely N-dealkylation sites (N-methyl/N-ethyl adjacent to an activating group) is 1. The average Bonchev–Trinajstić information content (AvgIpc) is 2.03. The van der Waals surface area contributed by atoms with Gasteiger partial charge in [-0.2, -0.15) is 0 Å². The van der Waals surface area contributed by atoms with E-state index < -0.39 is 0 Å². The van der Waals surface area contributed by atoms with Gasteiger partial charge in [-0.05, 0) is 17.9 Å². The van der Waals surface area contributed by atoms with Gasteiger partial charge in [-0.3, -0.25) is 4.79 Å². The molecule has 0 heterocycles. The quantitative estimate of drug-likeness (QED) is 0.644. The van der Waals surface area contributed by atoms with Crippen molar-refractivity contribution in [2.45, 2.75) is 20.3 Å². The largest absolute Gasteiger partial charge is 0.385 e. The molecule has 1 rings (SSSR count). The summed E-state index contributed by atoms with van der Waals surface area (Å²) >= 11 is 0. The summed E-state index contributed by atoms with van der Waals surface area (Å²) in [6.07, 6.45) is 0.945. The zero-order valence-corrected chi connectivity index (χ0v) is 7.90. The van der Waals surface area contributed by atoms with Crippen LogP contribution in [0.2, 0.25) is 0 Å². The second-order valence-electron chi connectivity index (χ2n) is 3.51. The number of rotatable bonds is 3. The van der Waals surface area contributed by atoms with E-state index in [1.807, 2.05) is 0 Å². The number of Topliss-reactive ketones (excluding diaryl/α,β-unsaturated/α-hetero) is 1. The molecule has 2 nitrogen and oxygen atoms in total. The molecule has 0 aromatic rings. The van der Waals surface area contributed by atoms with E-state index in [1.54, 1.807) is 7.05 Å². The molecule has 0 spiro atoms. The molecular formula is C10H15NO. The van der Waals surface area contributed by atoms with Crippen LogP contribution in [0, 0.1) is 5.92 Å². The fourth-order valence-electron chi connectivity index (χ4n) is 1.41. The Morgan fingerprint density at radius 2 is 2.08 bits per heavy atom. The fraction of sp³-hybridized carbons (Fsp3) is 0.500. The highest BCUT2D eigenvalue weighted by Gasteiger charge is 2.30. The summed E-state index contributed by atoms with van der Waals surface area (Å²) < 4.78 is 0. The SMILES string of the molecule is C=C1C(=O)C(NC)=C1CC(C)C. The highest BCUT2D eigenvalue weighted by Crippen LogP contribution is 2.31. The highest BCUT2D eigenvalue weighted by atomic mass is 16.1. The van der Waals surface area contributed by atoms with Crippen molar-refractivity contribution in [1.82, 2.24) is 5.32 Å². The summed E-state index contributed by atoms with van der Waals surface area (Å²) in [6.45, 7) is 8.00. The molecule has 2 heteroatoms. The highest BCUT2D eigenvalue weighted by molar-refractivity contribution is 6.19. The maximum atomic E-state index is 11.2. The van der Waals surface area contributed by atoms with Gasteiger partial charge in [0.15, 0.2) is 0 Å². The minimum absolute atomic E-state index is 0.0770. The fourth-order valence-corrected chi connectivity index (χ4v) is 1.41. The van der Waals surface area contributed by atoms with Crippen LogP contribution in [0.1, 0.15) is 20.3 Å². The van der Waals surface area contributed by atoms with Gasteiger partial charge in [-0.25, -0.2) is 0 Å². The molecule has 0 saturated heterocycles. The molecule has 66 valence electrons. The van der Waals surface area contributed by atoms with Crippen LogP contribution in [0.15, 0.2) is 23.4 Å². The number of carbonyl (C=O) groups is 1. The zero-order valence-electron chi connectivity index (χ0n) is 7.90. The van der Waals surface area contributed by atoms with Crippen molar-refractivity contribution in [2.75, 3.05) is 7.05 Å². The van der Waals surface area contributed by atoms with Gasteiger partial charge in [0.05, 0.1) is 5.70 Å². The number of hydrogen-bond acceptors (Lipinski definition) is 2. The van der Waals surface area contributed by atoms with Gasteiger partial charge in [-0.15, -0.1) is 0 Å². The molecule has 0 amide bonds. The van der Waals surface area contributed by atoms with Crippen LogP contribution in [0.3, 0.4) is 0 Å². The Morgan fingerprint density at radius 3 is 2.50 bits per heavy atom. The van der Waals surface area contributed by atoms with Crippen LogP contribution in [0.4, 0.5) is 0 Å². The second kappa shape index (κ2) is 3.13.